The highest BCUT2D eigenvalue weighted by Gasteiger charge is 2.22. The van der Waals surface area contributed by atoms with Gasteiger partial charge in [-0.05, 0) is 56.3 Å². The van der Waals surface area contributed by atoms with E-state index in [1.165, 1.54) is 12.8 Å². The molecule has 0 atom stereocenters. The molecule has 2 fully saturated rings. The minimum Gasteiger partial charge on any atom is -0.379 e. The van der Waals surface area contributed by atoms with Gasteiger partial charge in [0.25, 0.3) is 5.91 Å². The van der Waals surface area contributed by atoms with Gasteiger partial charge in [0.1, 0.15) is 0 Å². The van der Waals surface area contributed by atoms with Crippen LogP contribution in [-0.2, 0) is 14.8 Å². The number of carbonyl (C=O) groups excluding carboxylic acids is 1. The molecule has 1 aromatic carbocycles. The van der Waals surface area contributed by atoms with Crippen LogP contribution in [0.25, 0.3) is 0 Å². The van der Waals surface area contributed by atoms with Crippen LogP contribution in [0.2, 0.25) is 0 Å². The molecule has 0 saturated carbocycles. The van der Waals surface area contributed by atoms with Gasteiger partial charge in [-0.2, -0.15) is 0 Å². The predicted octanol–water partition coefficient (Wildman–Crippen LogP) is 4.48. The Morgan fingerprint density at radius 3 is 2.43 bits per heavy atom. The molecule has 1 aromatic rings. The number of nitrogens with zero attached hydrogens (tertiary/aromatic N) is 2. The van der Waals surface area contributed by atoms with E-state index in [9.17, 15) is 13.2 Å². The maximum Gasteiger partial charge on any atom is 0.253 e. The van der Waals surface area contributed by atoms with E-state index in [1.54, 1.807) is 12.1 Å². The van der Waals surface area contributed by atoms with E-state index < -0.39 is 10.0 Å². The summed E-state index contributed by atoms with van der Waals surface area (Å²) >= 11 is 0. The van der Waals surface area contributed by atoms with E-state index in [1.807, 2.05) is 6.07 Å². The van der Waals surface area contributed by atoms with Crippen molar-refractivity contribution < 1.29 is 17.9 Å². The highest BCUT2D eigenvalue weighted by Crippen LogP contribution is 2.29. The Bertz CT molecular complexity index is 926. The number of anilines is 2. The number of ether oxygens (including phenoxy) is 1. The molecule has 0 bridgehead atoms. The zero-order valence-corrected chi connectivity index (χ0v) is 23.8. The zero-order valence-electron chi connectivity index (χ0n) is 23.0. The first-order valence-electron chi connectivity index (χ1n) is 14.4. The number of rotatable bonds is 15. The molecule has 0 radical (unpaired) electrons. The number of benzene rings is 1. The average Bonchev–Trinajstić information content (AvgIpc) is 2.89. The molecule has 37 heavy (non-hydrogen) atoms. The van der Waals surface area contributed by atoms with Crippen molar-refractivity contribution in [1.82, 2.24) is 10.2 Å². The lowest BCUT2D eigenvalue weighted by atomic mass is 9.98. The van der Waals surface area contributed by atoms with Gasteiger partial charge < -0.3 is 15.0 Å². The number of hydrogen-bond donors (Lipinski definition) is 2. The molecule has 2 heterocycles. The summed E-state index contributed by atoms with van der Waals surface area (Å²) in [5.74, 6) is 0.642. The molecule has 1 amide bonds. The molecule has 210 valence electrons. The summed E-state index contributed by atoms with van der Waals surface area (Å²) in [6.07, 6.45) is 9.23. The summed E-state index contributed by atoms with van der Waals surface area (Å²) in [6.45, 7) is 11.2. The number of unbranched alkanes of at least 4 members (excludes halogenated alkanes) is 5. The Balaban J connectivity index is 1.61. The van der Waals surface area contributed by atoms with Gasteiger partial charge in [0.05, 0.1) is 24.5 Å². The van der Waals surface area contributed by atoms with Gasteiger partial charge in [-0.15, -0.1) is 0 Å². The van der Waals surface area contributed by atoms with Gasteiger partial charge in [-0.3, -0.25) is 14.4 Å². The third-order valence-electron chi connectivity index (χ3n) is 7.45. The van der Waals surface area contributed by atoms with Crippen LogP contribution in [0.1, 0.15) is 82.0 Å². The molecule has 0 aromatic heterocycles. The minimum absolute atomic E-state index is 0.105. The van der Waals surface area contributed by atoms with Crippen molar-refractivity contribution in [3.8, 4) is 0 Å². The van der Waals surface area contributed by atoms with Crippen molar-refractivity contribution in [2.24, 2.45) is 5.92 Å². The molecule has 0 aliphatic carbocycles. The fourth-order valence-corrected chi connectivity index (χ4v) is 6.21. The molecule has 2 aliphatic heterocycles. The zero-order chi connectivity index (χ0) is 26.5. The number of morpholine rings is 1. The molecule has 8 nitrogen and oxygen atoms in total. The molecular weight excluding hydrogens is 488 g/mol. The van der Waals surface area contributed by atoms with Crippen molar-refractivity contribution in [2.45, 2.75) is 71.6 Å². The SMILES string of the molecule is CCCCCCCCS(=O)(=O)Nc1ccc(N2CCC(C)CC2)c(C(=O)NCCCN2CCOCC2)c1. The Morgan fingerprint density at radius 2 is 1.70 bits per heavy atom. The van der Waals surface area contributed by atoms with Crippen molar-refractivity contribution in [2.75, 3.05) is 67.9 Å². The van der Waals surface area contributed by atoms with Gasteiger partial charge in [0, 0.05) is 44.1 Å². The van der Waals surface area contributed by atoms with Crippen molar-refractivity contribution in [3.05, 3.63) is 23.8 Å². The normalized spacial score (nSPS) is 17.6. The van der Waals surface area contributed by atoms with E-state index in [0.717, 1.165) is 90.1 Å². The van der Waals surface area contributed by atoms with E-state index in [4.69, 9.17) is 4.74 Å². The van der Waals surface area contributed by atoms with E-state index in [-0.39, 0.29) is 11.7 Å². The first kappa shape index (κ1) is 29.7. The lowest BCUT2D eigenvalue weighted by molar-refractivity contribution is 0.0374. The smallest absolute Gasteiger partial charge is 0.253 e. The average molecular weight is 537 g/mol. The standard InChI is InChI=1S/C28H48N4O4S/c1-3-4-5-6-7-8-22-37(34,35)30-25-10-11-27(32-16-12-24(2)13-17-32)26(23-25)28(33)29-14-9-15-31-18-20-36-21-19-31/h10-11,23-24,30H,3-9,12-22H2,1-2H3,(H,29,33). The quantitative estimate of drug-likeness (QED) is 0.321. The third-order valence-corrected chi connectivity index (χ3v) is 8.82. The van der Waals surface area contributed by atoms with Crippen LogP contribution in [0.3, 0.4) is 0 Å². The van der Waals surface area contributed by atoms with Crippen LogP contribution in [0.15, 0.2) is 18.2 Å². The highest BCUT2D eigenvalue weighted by molar-refractivity contribution is 7.92. The monoisotopic (exact) mass is 536 g/mol. The van der Waals surface area contributed by atoms with Gasteiger partial charge in [-0.25, -0.2) is 8.42 Å². The fraction of sp³-hybridized carbons (Fsp3) is 0.750. The summed E-state index contributed by atoms with van der Waals surface area (Å²) < 4.78 is 33.6. The number of piperidine rings is 1. The molecule has 0 spiro atoms. The highest BCUT2D eigenvalue weighted by atomic mass is 32.2. The molecule has 3 rings (SSSR count). The van der Waals surface area contributed by atoms with Crippen molar-refractivity contribution >= 4 is 27.3 Å². The first-order chi connectivity index (χ1) is 17.9. The second kappa shape index (κ2) is 15.5. The predicted molar refractivity (Wildman–Crippen MR) is 152 cm³/mol. The first-order valence-corrected chi connectivity index (χ1v) is 16.0. The second-order valence-corrected chi connectivity index (χ2v) is 12.5. The van der Waals surface area contributed by atoms with Crippen LogP contribution in [-0.4, -0.2) is 77.5 Å². The van der Waals surface area contributed by atoms with Crippen LogP contribution >= 0.6 is 0 Å². The molecule has 9 heteroatoms. The Morgan fingerprint density at radius 1 is 1.00 bits per heavy atom. The van der Waals surface area contributed by atoms with Crippen LogP contribution in [0.5, 0.6) is 0 Å². The largest absolute Gasteiger partial charge is 0.379 e. The van der Waals surface area contributed by atoms with Gasteiger partial charge in [-0.1, -0.05) is 46.0 Å². The van der Waals surface area contributed by atoms with Crippen LogP contribution in [0.4, 0.5) is 11.4 Å². The maximum absolute atomic E-state index is 13.3. The van der Waals surface area contributed by atoms with Gasteiger partial charge in [0.2, 0.25) is 10.0 Å². The summed E-state index contributed by atoms with van der Waals surface area (Å²) in [6, 6.07) is 5.41. The summed E-state index contributed by atoms with van der Waals surface area (Å²) in [7, 11) is -3.46. The third kappa shape index (κ3) is 10.4. The number of carbonyl (C=O) groups is 1. The van der Waals surface area contributed by atoms with Crippen molar-refractivity contribution in [1.29, 1.82) is 0 Å². The lowest BCUT2D eigenvalue weighted by Crippen LogP contribution is -2.38. The number of amides is 1. The number of sulfonamides is 1. The maximum atomic E-state index is 13.3. The molecular formula is C28H48N4O4S. The number of nitrogens with one attached hydrogen (secondary N) is 2. The Kier molecular flexibility index (Phi) is 12.5. The fourth-order valence-electron chi connectivity index (χ4n) is 5.03. The topological polar surface area (TPSA) is 91.0 Å². The lowest BCUT2D eigenvalue weighted by Gasteiger charge is -2.33. The van der Waals surface area contributed by atoms with Crippen molar-refractivity contribution in [3.63, 3.8) is 0 Å². The van der Waals surface area contributed by atoms with Gasteiger partial charge >= 0.3 is 0 Å². The number of hydrogen-bond acceptors (Lipinski definition) is 6. The van der Waals surface area contributed by atoms with E-state index in [2.05, 4.69) is 33.7 Å². The minimum atomic E-state index is -3.46. The Hall–Kier alpha value is -1.84. The second-order valence-electron chi connectivity index (χ2n) is 10.7. The summed E-state index contributed by atoms with van der Waals surface area (Å²) in [4.78, 5) is 17.9. The molecule has 2 saturated heterocycles. The van der Waals surface area contributed by atoms with E-state index in [0.29, 0.717) is 30.1 Å². The molecule has 2 aliphatic rings. The Labute approximate surface area is 224 Å². The molecule has 0 unspecified atom stereocenters. The van der Waals surface area contributed by atoms with Crippen LogP contribution in [0, 0.1) is 5.92 Å². The van der Waals surface area contributed by atoms with E-state index >= 15 is 0 Å². The summed E-state index contributed by atoms with van der Waals surface area (Å²) in [5.41, 5.74) is 1.88. The van der Waals surface area contributed by atoms with Crippen LogP contribution < -0.4 is 14.9 Å². The summed E-state index contributed by atoms with van der Waals surface area (Å²) in [5, 5.41) is 3.07. The van der Waals surface area contributed by atoms with Gasteiger partial charge in [0.15, 0.2) is 0 Å². The molecule has 2 N–H and O–H groups in total.